The summed E-state index contributed by atoms with van der Waals surface area (Å²) in [5.41, 5.74) is 5.09. The molecular weight excluding hydrogens is 401 g/mol. The number of benzene rings is 1. The van der Waals surface area contributed by atoms with Crippen LogP contribution >= 0.6 is 0 Å². The van der Waals surface area contributed by atoms with Crippen molar-refractivity contribution in [1.29, 1.82) is 0 Å². The van der Waals surface area contributed by atoms with Crippen molar-refractivity contribution >= 4 is 29.1 Å². The van der Waals surface area contributed by atoms with Gasteiger partial charge in [-0.1, -0.05) is 6.58 Å². The molecule has 1 aliphatic heterocycles. The maximum Gasteiger partial charge on any atom is 0.416 e. The van der Waals surface area contributed by atoms with Crippen LogP contribution in [0.1, 0.15) is 5.56 Å². The van der Waals surface area contributed by atoms with Crippen molar-refractivity contribution in [3.05, 3.63) is 54.9 Å². The summed E-state index contributed by atoms with van der Waals surface area (Å²) in [5, 5.41) is 2.94. The van der Waals surface area contributed by atoms with Gasteiger partial charge in [-0.3, -0.25) is 9.59 Å². The summed E-state index contributed by atoms with van der Waals surface area (Å²) < 4.78 is 38.2. The molecule has 30 heavy (non-hydrogen) atoms. The van der Waals surface area contributed by atoms with Crippen LogP contribution in [0, 0.1) is 0 Å². The number of anilines is 3. The zero-order valence-corrected chi connectivity index (χ0v) is 15.8. The van der Waals surface area contributed by atoms with E-state index in [1.165, 1.54) is 29.4 Å². The topological polar surface area (TPSA) is 104 Å². The van der Waals surface area contributed by atoms with Gasteiger partial charge in [-0.25, -0.2) is 9.97 Å². The van der Waals surface area contributed by atoms with Crippen molar-refractivity contribution in [3.8, 4) is 0 Å². The molecule has 2 amide bonds. The lowest BCUT2D eigenvalue weighted by Gasteiger charge is -2.40. The number of primary amides is 1. The second kappa shape index (κ2) is 8.39. The molecule has 2 heterocycles. The summed E-state index contributed by atoms with van der Waals surface area (Å²) in [7, 11) is 0. The van der Waals surface area contributed by atoms with Gasteiger partial charge in [0.2, 0.25) is 11.8 Å². The number of nitrogens with two attached hydrogens (primary N) is 1. The third kappa shape index (κ3) is 4.50. The van der Waals surface area contributed by atoms with Gasteiger partial charge in [0.05, 0.1) is 5.56 Å². The number of hydrogen-bond acceptors (Lipinski definition) is 6. The van der Waals surface area contributed by atoms with E-state index in [-0.39, 0.29) is 13.1 Å². The van der Waals surface area contributed by atoms with Crippen LogP contribution in [0.3, 0.4) is 0 Å². The van der Waals surface area contributed by atoms with Crippen LogP contribution in [0.5, 0.6) is 0 Å². The fraction of sp³-hybridized carbons (Fsp3) is 0.263. The summed E-state index contributed by atoms with van der Waals surface area (Å²) in [4.78, 5) is 35.4. The SMILES string of the molecule is C=CC(=O)N1CCN(c2nccnc2Nc2ccc(C(F)(F)F)cc2)C[C@@H]1C(N)=O. The maximum atomic E-state index is 12.7. The molecule has 8 nitrogen and oxygen atoms in total. The Labute approximate surface area is 170 Å². The molecule has 1 fully saturated rings. The second-order valence-corrected chi connectivity index (χ2v) is 6.53. The summed E-state index contributed by atoms with van der Waals surface area (Å²) in [6.45, 7) is 4.09. The van der Waals surface area contributed by atoms with E-state index < -0.39 is 29.6 Å². The van der Waals surface area contributed by atoms with Crippen LogP contribution in [-0.4, -0.2) is 52.4 Å². The highest BCUT2D eigenvalue weighted by atomic mass is 19.4. The average Bonchev–Trinajstić information content (AvgIpc) is 2.73. The molecule has 1 atom stereocenters. The first-order valence-corrected chi connectivity index (χ1v) is 8.93. The summed E-state index contributed by atoms with van der Waals surface area (Å²) in [6, 6.07) is 3.61. The van der Waals surface area contributed by atoms with Crippen molar-refractivity contribution in [1.82, 2.24) is 14.9 Å². The molecule has 1 aromatic carbocycles. The van der Waals surface area contributed by atoms with Gasteiger partial charge in [0, 0.05) is 37.7 Å². The molecule has 0 saturated carbocycles. The van der Waals surface area contributed by atoms with E-state index >= 15 is 0 Å². The first-order valence-electron chi connectivity index (χ1n) is 8.93. The van der Waals surface area contributed by atoms with Crippen LogP contribution in [0.4, 0.5) is 30.5 Å². The molecule has 0 aliphatic carbocycles. The molecule has 0 radical (unpaired) electrons. The lowest BCUT2D eigenvalue weighted by atomic mass is 10.1. The minimum Gasteiger partial charge on any atom is -0.368 e. The van der Waals surface area contributed by atoms with Crippen molar-refractivity contribution < 1.29 is 22.8 Å². The van der Waals surface area contributed by atoms with Gasteiger partial charge in [-0.15, -0.1) is 0 Å². The smallest absolute Gasteiger partial charge is 0.368 e. The van der Waals surface area contributed by atoms with Gasteiger partial charge in [0.15, 0.2) is 11.6 Å². The zero-order valence-electron chi connectivity index (χ0n) is 15.8. The number of carbonyl (C=O) groups is 2. The van der Waals surface area contributed by atoms with Crippen LogP contribution in [0.2, 0.25) is 0 Å². The second-order valence-electron chi connectivity index (χ2n) is 6.53. The van der Waals surface area contributed by atoms with Crippen molar-refractivity contribution in [3.63, 3.8) is 0 Å². The van der Waals surface area contributed by atoms with E-state index in [2.05, 4.69) is 21.9 Å². The number of nitrogens with zero attached hydrogens (tertiary/aromatic N) is 4. The highest BCUT2D eigenvalue weighted by Gasteiger charge is 2.34. The van der Waals surface area contributed by atoms with Crippen molar-refractivity contribution in [2.24, 2.45) is 5.73 Å². The number of rotatable bonds is 5. The van der Waals surface area contributed by atoms with Gasteiger partial charge in [0.25, 0.3) is 0 Å². The molecule has 3 rings (SSSR count). The Hall–Kier alpha value is -3.63. The Morgan fingerprint density at radius 3 is 2.43 bits per heavy atom. The Morgan fingerprint density at radius 2 is 1.83 bits per heavy atom. The number of alkyl halides is 3. The Balaban J connectivity index is 1.82. The molecule has 2 aromatic rings. The molecule has 0 bridgehead atoms. The van der Waals surface area contributed by atoms with Gasteiger partial charge in [0.1, 0.15) is 6.04 Å². The van der Waals surface area contributed by atoms with E-state index in [1.807, 2.05) is 0 Å². The lowest BCUT2D eigenvalue weighted by Crippen LogP contribution is -2.60. The van der Waals surface area contributed by atoms with Gasteiger partial charge >= 0.3 is 6.18 Å². The van der Waals surface area contributed by atoms with Gasteiger partial charge in [-0.05, 0) is 30.3 Å². The number of aromatic nitrogens is 2. The molecule has 1 aliphatic rings. The minimum atomic E-state index is -4.43. The van der Waals surface area contributed by atoms with Crippen LogP contribution in [-0.2, 0) is 15.8 Å². The van der Waals surface area contributed by atoms with Crippen LogP contribution in [0.15, 0.2) is 49.3 Å². The lowest BCUT2D eigenvalue weighted by molar-refractivity contribution is -0.137. The Kier molecular flexibility index (Phi) is 5.90. The standard InChI is InChI=1S/C19H19F3N6O2/c1-2-15(29)28-10-9-27(11-14(28)16(23)30)18-17(24-7-8-25-18)26-13-5-3-12(4-6-13)19(20,21)22/h2-8,14H,1,9-11H2,(H2,23,30)(H,24,26)/t14-/m1/s1. The number of nitrogens with one attached hydrogen (secondary N) is 1. The third-order valence-corrected chi connectivity index (χ3v) is 4.62. The molecule has 1 saturated heterocycles. The first-order chi connectivity index (χ1) is 14.2. The van der Waals surface area contributed by atoms with Crippen LogP contribution in [0.25, 0.3) is 0 Å². The number of piperazine rings is 1. The largest absolute Gasteiger partial charge is 0.416 e. The molecule has 0 unspecified atom stereocenters. The zero-order chi connectivity index (χ0) is 21.9. The van der Waals surface area contributed by atoms with Gasteiger partial charge in [-0.2, -0.15) is 13.2 Å². The molecule has 3 N–H and O–H groups in total. The molecular formula is C19H19F3N6O2. The van der Waals surface area contributed by atoms with E-state index in [0.717, 1.165) is 18.2 Å². The number of carbonyl (C=O) groups excluding carboxylic acids is 2. The number of hydrogen-bond donors (Lipinski definition) is 2. The van der Waals surface area contributed by atoms with E-state index in [9.17, 15) is 22.8 Å². The Morgan fingerprint density at radius 1 is 1.17 bits per heavy atom. The number of amides is 2. The van der Waals surface area contributed by atoms with E-state index in [1.54, 1.807) is 4.90 Å². The Bertz CT molecular complexity index is 948. The summed E-state index contributed by atoms with van der Waals surface area (Å²) in [6.07, 6.45) is -0.430. The summed E-state index contributed by atoms with van der Waals surface area (Å²) >= 11 is 0. The molecule has 0 spiro atoms. The quantitative estimate of drug-likeness (QED) is 0.717. The predicted octanol–water partition coefficient (Wildman–Crippen LogP) is 1.93. The predicted molar refractivity (Wildman–Crippen MR) is 104 cm³/mol. The summed E-state index contributed by atoms with van der Waals surface area (Å²) in [5.74, 6) is -0.393. The van der Waals surface area contributed by atoms with Gasteiger partial charge < -0.3 is 20.9 Å². The number of halogens is 3. The normalized spacial score (nSPS) is 16.8. The average molecular weight is 420 g/mol. The maximum absolute atomic E-state index is 12.7. The third-order valence-electron chi connectivity index (χ3n) is 4.62. The fourth-order valence-electron chi connectivity index (χ4n) is 3.13. The minimum absolute atomic E-state index is 0.0926. The highest BCUT2D eigenvalue weighted by molar-refractivity contribution is 5.93. The van der Waals surface area contributed by atoms with Crippen molar-refractivity contribution in [2.75, 3.05) is 29.9 Å². The van der Waals surface area contributed by atoms with E-state index in [0.29, 0.717) is 23.9 Å². The van der Waals surface area contributed by atoms with E-state index in [4.69, 9.17) is 5.73 Å². The first kappa shape index (κ1) is 21.1. The molecule has 158 valence electrons. The highest BCUT2D eigenvalue weighted by Crippen LogP contribution is 2.31. The monoisotopic (exact) mass is 420 g/mol. The molecule has 11 heteroatoms. The fourth-order valence-corrected chi connectivity index (χ4v) is 3.13. The van der Waals surface area contributed by atoms with Crippen LogP contribution < -0.4 is 16.0 Å². The molecule has 1 aromatic heterocycles. The van der Waals surface area contributed by atoms with Crippen molar-refractivity contribution in [2.45, 2.75) is 12.2 Å².